The molecule has 4 heteroatoms. The molecule has 1 aliphatic rings. The second kappa shape index (κ2) is 5.48. The van der Waals surface area contributed by atoms with Crippen molar-refractivity contribution in [2.45, 2.75) is 13.0 Å². The van der Waals surface area contributed by atoms with Gasteiger partial charge in [0.2, 0.25) is 0 Å². The van der Waals surface area contributed by atoms with Crippen LogP contribution in [0.25, 0.3) is 11.3 Å². The molecule has 0 unspecified atom stereocenters. The number of nitrogens with one attached hydrogen (secondary N) is 1. The van der Waals surface area contributed by atoms with E-state index in [2.05, 4.69) is 44.3 Å². The molecule has 0 radical (unpaired) electrons. The van der Waals surface area contributed by atoms with Crippen molar-refractivity contribution < 1.29 is 0 Å². The molecule has 4 rings (SSSR count). The lowest BCUT2D eigenvalue weighted by Gasteiger charge is -2.07. The van der Waals surface area contributed by atoms with Crippen LogP contribution in [0.4, 0.5) is 0 Å². The van der Waals surface area contributed by atoms with E-state index < -0.39 is 0 Å². The Morgan fingerprint density at radius 3 is 2.64 bits per heavy atom. The molecule has 0 bridgehead atoms. The Morgan fingerprint density at radius 2 is 1.82 bits per heavy atom. The number of aliphatic imine (C=N–C) groups is 1. The van der Waals surface area contributed by atoms with Crippen molar-refractivity contribution in [1.82, 2.24) is 9.66 Å². The van der Waals surface area contributed by atoms with Gasteiger partial charge in [0, 0.05) is 30.1 Å². The Kier molecular flexibility index (Phi) is 3.20. The van der Waals surface area contributed by atoms with E-state index in [1.165, 1.54) is 11.3 Å². The largest absolute Gasteiger partial charge is 0.281 e. The average Bonchev–Trinajstić information content (AvgIpc) is 3.15. The fourth-order valence-corrected chi connectivity index (χ4v) is 2.70. The van der Waals surface area contributed by atoms with Gasteiger partial charge in [-0.15, -0.1) is 0 Å². The fourth-order valence-electron chi connectivity index (χ4n) is 2.70. The van der Waals surface area contributed by atoms with E-state index in [0.29, 0.717) is 6.54 Å². The summed E-state index contributed by atoms with van der Waals surface area (Å²) in [6.45, 7) is 0.707. The smallest absolute Gasteiger partial charge is 0.122 e. The van der Waals surface area contributed by atoms with Gasteiger partial charge < -0.3 is 0 Å². The van der Waals surface area contributed by atoms with Crippen LogP contribution in [0.1, 0.15) is 11.3 Å². The zero-order valence-corrected chi connectivity index (χ0v) is 12.1. The molecule has 3 heterocycles. The van der Waals surface area contributed by atoms with Gasteiger partial charge >= 0.3 is 0 Å². The van der Waals surface area contributed by atoms with E-state index in [1.807, 2.05) is 42.7 Å². The topological polar surface area (TPSA) is 42.2 Å². The maximum absolute atomic E-state index is 4.69. The lowest BCUT2D eigenvalue weighted by Crippen LogP contribution is -2.16. The van der Waals surface area contributed by atoms with Gasteiger partial charge in [0.1, 0.15) is 5.84 Å². The summed E-state index contributed by atoms with van der Waals surface area (Å²) < 4.78 is 2.11. The van der Waals surface area contributed by atoms with Crippen LogP contribution in [-0.4, -0.2) is 15.5 Å². The molecule has 1 aromatic carbocycles. The molecule has 22 heavy (non-hydrogen) atoms. The number of pyridine rings is 1. The molecule has 0 atom stereocenters. The van der Waals surface area contributed by atoms with Gasteiger partial charge in [0.15, 0.2) is 0 Å². The van der Waals surface area contributed by atoms with Gasteiger partial charge in [-0.3, -0.25) is 20.1 Å². The summed E-state index contributed by atoms with van der Waals surface area (Å²) in [4.78, 5) is 8.76. The first-order valence-corrected chi connectivity index (χ1v) is 7.35. The van der Waals surface area contributed by atoms with Gasteiger partial charge in [-0.05, 0) is 29.8 Å². The van der Waals surface area contributed by atoms with Crippen molar-refractivity contribution >= 4 is 5.84 Å². The molecule has 0 fully saturated rings. The summed E-state index contributed by atoms with van der Waals surface area (Å²) in [5.74, 6) is 1.01. The Bertz CT molecular complexity index is 804. The molecule has 0 spiro atoms. The molecule has 1 N–H and O–H groups in total. The van der Waals surface area contributed by atoms with E-state index >= 15 is 0 Å². The van der Waals surface area contributed by atoms with Crippen LogP contribution in [0.2, 0.25) is 0 Å². The minimum atomic E-state index is 0.707. The SMILES string of the molecule is c1ccc(CN=C2Cc3ccc(-c4ccncc4)n3N2)cc1. The van der Waals surface area contributed by atoms with Crippen LogP contribution >= 0.6 is 0 Å². The Balaban J connectivity index is 1.55. The van der Waals surface area contributed by atoms with E-state index in [4.69, 9.17) is 0 Å². The van der Waals surface area contributed by atoms with Crippen LogP contribution in [-0.2, 0) is 13.0 Å². The third-order valence-corrected chi connectivity index (χ3v) is 3.82. The molecule has 0 saturated heterocycles. The van der Waals surface area contributed by atoms with E-state index in [0.717, 1.165) is 23.5 Å². The molecular formula is C18H16N4. The summed E-state index contributed by atoms with van der Waals surface area (Å²) in [6.07, 6.45) is 4.47. The average molecular weight is 288 g/mol. The normalized spacial score (nSPS) is 14.8. The summed E-state index contributed by atoms with van der Waals surface area (Å²) in [5, 5.41) is 0. The molecular weight excluding hydrogens is 272 g/mol. The Hall–Kier alpha value is -2.88. The predicted molar refractivity (Wildman–Crippen MR) is 88.3 cm³/mol. The predicted octanol–water partition coefficient (Wildman–Crippen LogP) is 3.25. The van der Waals surface area contributed by atoms with Crippen molar-refractivity contribution in [2.24, 2.45) is 4.99 Å². The molecule has 108 valence electrons. The summed E-state index contributed by atoms with van der Waals surface area (Å²) in [6, 6.07) is 18.6. The summed E-state index contributed by atoms with van der Waals surface area (Å²) in [5.41, 5.74) is 8.15. The number of nitrogens with zero attached hydrogens (tertiary/aromatic N) is 3. The van der Waals surface area contributed by atoms with E-state index in [1.54, 1.807) is 0 Å². The molecule has 0 saturated carbocycles. The maximum atomic E-state index is 4.69. The minimum Gasteiger partial charge on any atom is -0.281 e. The van der Waals surface area contributed by atoms with Crippen LogP contribution in [0.15, 0.2) is 72.0 Å². The number of benzene rings is 1. The van der Waals surface area contributed by atoms with E-state index in [-0.39, 0.29) is 0 Å². The second-order valence-electron chi connectivity index (χ2n) is 5.32. The summed E-state index contributed by atoms with van der Waals surface area (Å²) in [7, 11) is 0. The highest BCUT2D eigenvalue weighted by molar-refractivity contribution is 5.94. The van der Waals surface area contributed by atoms with Crippen molar-refractivity contribution in [3.05, 3.63) is 78.2 Å². The number of aromatic nitrogens is 2. The third kappa shape index (κ3) is 2.39. The van der Waals surface area contributed by atoms with Crippen molar-refractivity contribution in [2.75, 3.05) is 5.43 Å². The van der Waals surface area contributed by atoms with E-state index in [9.17, 15) is 0 Å². The number of hydrogen-bond donors (Lipinski definition) is 1. The number of rotatable bonds is 3. The number of fused-ring (bicyclic) bond motifs is 1. The first-order valence-electron chi connectivity index (χ1n) is 7.35. The Morgan fingerprint density at radius 1 is 1.00 bits per heavy atom. The second-order valence-corrected chi connectivity index (χ2v) is 5.32. The Labute approximate surface area is 129 Å². The van der Waals surface area contributed by atoms with Gasteiger partial charge in [-0.25, -0.2) is 0 Å². The van der Waals surface area contributed by atoms with Crippen LogP contribution < -0.4 is 5.43 Å². The molecule has 3 aromatic rings. The van der Waals surface area contributed by atoms with Crippen molar-refractivity contribution in [1.29, 1.82) is 0 Å². The maximum Gasteiger partial charge on any atom is 0.122 e. The third-order valence-electron chi connectivity index (χ3n) is 3.82. The van der Waals surface area contributed by atoms with Crippen molar-refractivity contribution in [3.8, 4) is 11.3 Å². The zero-order valence-electron chi connectivity index (χ0n) is 12.1. The van der Waals surface area contributed by atoms with Gasteiger partial charge in [0.05, 0.1) is 12.2 Å². The summed E-state index contributed by atoms with van der Waals surface area (Å²) >= 11 is 0. The first kappa shape index (κ1) is 12.8. The van der Waals surface area contributed by atoms with Gasteiger partial charge in [-0.1, -0.05) is 30.3 Å². The molecule has 1 aliphatic heterocycles. The van der Waals surface area contributed by atoms with Crippen LogP contribution in [0.3, 0.4) is 0 Å². The molecule has 2 aromatic heterocycles. The quantitative estimate of drug-likeness (QED) is 0.804. The van der Waals surface area contributed by atoms with Gasteiger partial charge in [-0.2, -0.15) is 0 Å². The highest BCUT2D eigenvalue weighted by Gasteiger charge is 2.19. The molecule has 4 nitrogen and oxygen atoms in total. The first-order chi connectivity index (χ1) is 10.9. The highest BCUT2D eigenvalue weighted by atomic mass is 15.5. The van der Waals surface area contributed by atoms with Crippen LogP contribution in [0, 0.1) is 0 Å². The zero-order chi connectivity index (χ0) is 14.8. The number of hydrogen-bond acceptors (Lipinski definition) is 2. The van der Waals surface area contributed by atoms with Crippen LogP contribution in [0.5, 0.6) is 0 Å². The number of amidine groups is 1. The van der Waals surface area contributed by atoms with Gasteiger partial charge in [0.25, 0.3) is 0 Å². The standard InChI is InChI=1S/C18H16N4/c1-2-4-14(5-3-1)13-20-18-12-16-6-7-17(22(16)21-18)15-8-10-19-11-9-15/h1-11H,12-13H2,(H,20,21). The molecule has 0 aliphatic carbocycles. The molecule has 0 amide bonds. The lowest BCUT2D eigenvalue weighted by molar-refractivity contribution is 0.986. The fraction of sp³-hybridized carbons (Fsp3) is 0.111. The minimum absolute atomic E-state index is 0.707. The van der Waals surface area contributed by atoms with Crippen molar-refractivity contribution in [3.63, 3.8) is 0 Å². The highest BCUT2D eigenvalue weighted by Crippen LogP contribution is 2.24. The monoisotopic (exact) mass is 288 g/mol. The lowest BCUT2D eigenvalue weighted by atomic mass is 10.2.